The van der Waals surface area contributed by atoms with E-state index in [0.717, 1.165) is 12.2 Å². The lowest BCUT2D eigenvalue weighted by atomic mass is 9.87. The molecule has 2 aromatic carbocycles. The topological polar surface area (TPSA) is 69.0 Å². The molecule has 0 saturated heterocycles. The Balaban J connectivity index is 1.52. The van der Waals surface area contributed by atoms with Gasteiger partial charge in [-0.1, -0.05) is 81.1 Å². The lowest BCUT2D eigenvalue weighted by Crippen LogP contribution is -2.27. The van der Waals surface area contributed by atoms with Crippen LogP contribution in [0, 0.1) is 0 Å². The van der Waals surface area contributed by atoms with Gasteiger partial charge < -0.3 is 10.1 Å². The molecule has 0 unspecified atom stereocenters. The quantitative estimate of drug-likeness (QED) is 0.326. The van der Waals surface area contributed by atoms with Gasteiger partial charge in [0.15, 0.2) is 11.0 Å². The van der Waals surface area contributed by atoms with Gasteiger partial charge >= 0.3 is 0 Å². The number of hydrogen-bond acceptors (Lipinski definition) is 5. The highest BCUT2D eigenvalue weighted by Gasteiger charge is 2.15. The van der Waals surface area contributed by atoms with Crippen LogP contribution < -0.4 is 10.1 Å². The summed E-state index contributed by atoms with van der Waals surface area (Å²) in [6.07, 6.45) is 2.59. The minimum Gasteiger partial charge on any atom is -0.486 e. The van der Waals surface area contributed by atoms with Gasteiger partial charge in [-0.3, -0.25) is 9.36 Å². The van der Waals surface area contributed by atoms with Crippen molar-refractivity contribution in [2.75, 3.05) is 12.3 Å². The summed E-state index contributed by atoms with van der Waals surface area (Å²) in [5, 5.41) is 12.2. The summed E-state index contributed by atoms with van der Waals surface area (Å²) in [7, 11) is 0. The number of nitrogens with zero attached hydrogens (tertiary/aromatic N) is 3. The minimum atomic E-state index is -0.0270. The van der Waals surface area contributed by atoms with E-state index in [9.17, 15) is 4.79 Å². The third kappa shape index (κ3) is 7.49. The van der Waals surface area contributed by atoms with Crippen LogP contribution in [0.3, 0.4) is 0 Å². The molecule has 0 saturated carbocycles. The molecular formula is C26H32N4O2S. The van der Waals surface area contributed by atoms with Crippen LogP contribution >= 0.6 is 11.8 Å². The van der Waals surface area contributed by atoms with Crippen LogP contribution in [0.15, 0.2) is 72.4 Å². The summed E-state index contributed by atoms with van der Waals surface area (Å²) in [6, 6.07) is 18.2. The van der Waals surface area contributed by atoms with E-state index in [0.29, 0.717) is 30.7 Å². The maximum Gasteiger partial charge on any atom is 0.230 e. The molecule has 3 aromatic rings. The summed E-state index contributed by atoms with van der Waals surface area (Å²) in [6.45, 7) is 11.8. The van der Waals surface area contributed by atoms with E-state index in [1.807, 2.05) is 34.9 Å². The van der Waals surface area contributed by atoms with Crippen LogP contribution in [-0.2, 0) is 29.8 Å². The number of amides is 1. The van der Waals surface area contributed by atoms with Gasteiger partial charge in [-0.05, 0) is 35.1 Å². The summed E-state index contributed by atoms with van der Waals surface area (Å²) in [4.78, 5) is 12.3. The van der Waals surface area contributed by atoms with E-state index in [1.54, 1.807) is 6.08 Å². The molecule has 0 aliphatic carbocycles. The van der Waals surface area contributed by atoms with Crippen molar-refractivity contribution in [3.05, 3.63) is 84.2 Å². The van der Waals surface area contributed by atoms with Gasteiger partial charge in [-0.2, -0.15) is 0 Å². The molecule has 174 valence electrons. The molecular weight excluding hydrogens is 432 g/mol. The van der Waals surface area contributed by atoms with Crippen molar-refractivity contribution in [3.8, 4) is 5.75 Å². The molecule has 3 rings (SSSR count). The predicted octanol–water partition coefficient (Wildman–Crippen LogP) is 4.79. The lowest BCUT2D eigenvalue weighted by molar-refractivity contribution is -0.118. The van der Waals surface area contributed by atoms with Crippen LogP contribution in [-0.4, -0.2) is 33.0 Å². The zero-order chi connectivity index (χ0) is 23.7. The van der Waals surface area contributed by atoms with Gasteiger partial charge in [0.1, 0.15) is 12.4 Å². The Bertz CT molecular complexity index is 1040. The number of rotatable bonds is 11. The summed E-state index contributed by atoms with van der Waals surface area (Å²) in [5.41, 5.74) is 2.56. The van der Waals surface area contributed by atoms with Crippen molar-refractivity contribution in [2.24, 2.45) is 0 Å². The second-order valence-electron chi connectivity index (χ2n) is 8.74. The molecule has 1 amide bonds. The van der Waals surface area contributed by atoms with Gasteiger partial charge in [-0.15, -0.1) is 16.8 Å². The maximum atomic E-state index is 12.3. The number of thioether (sulfide) groups is 1. The smallest absolute Gasteiger partial charge is 0.230 e. The third-order valence-electron chi connectivity index (χ3n) is 5.10. The molecule has 0 radical (unpaired) electrons. The Labute approximate surface area is 200 Å². The molecule has 0 fully saturated rings. The van der Waals surface area contributed by atoms with Crippen LogP contribution in [0.25, 0.3) is 0 Å². The van der Waals surface area contributed by atoms with Crippen LogP contribution in [0.1, 0.15) is 37.7 Å². The fourth-order valence-electron chi connectivity index (χ4n) is 3.22. The number of hydrogen-bond donors (Lipinski definition) is 1. The maximum absolute atomic E-state index is 12.3. The van der Waals surface area contributed by atoms with Crippen LogP contribution in [0.5, 0.6) is 5.75 Å². The Morgan fingerprint density at radius 1 is 1.12 bits per heavy atom. The fraction of sp³-hybridized carbons (Fsp3) is 0.346. The first-order valence-corrected chi connectivity index (χ1v) is 12.0. The summed E-state index contributed by atoms with van der Waals surface area (Å²) >= 11 is 1.36. The van der Waals surface area contributed by atoms with Crippen molar-refractivity contribution in [3.63, 3.8) is 0 Å². The van der Waals surface area contributed by atoms with E-state index in [1.165, 1.54) is 22.9 Å². The summed E-state index contributed by atoms with van der Waals surface area (Å²) < 4.78 is 7.86. The van der Waals surface area contributed by atoms with Crippen molar-refractivity contribution in [1.82, 2.24) is 20.1 Å². The Morgan fingerprint density at radius 3 is 2.52 bits per heavy atom. The summed E-state index contributed by atoms with van der Waals surface area (Å²) in [5.74, 6) is 1.73. The predicted molar refractivity (Wildman–Crippen MR) is 134 cm³/mol. The highest BCUT2D eigenvalue weighted by Crippen LogP contribution is 2.25. The molecule has 1 heterocycles. The monoisotopic (exact) mass is 464 g/mol. The van der Waals surface area contributed by atoms with Crippen molar-refractivity contribution < 1.29 is 9.53 Å². The van der Waals surface area contributed by atoms with E-state index in [2.05, 4.69) is 67.1 Å². The highest BCUT2D eigenvalue weighted by molar-refractivity contribution is 7.99. The molecule has 1 aromatic heterocycles. The fourth-order valence-corrected chi connectivity index (χ4v) is 4.01. The molecule has 33 heavy (non-hydrogen) atoms. The normalized spacial score (nSPS) is 11.2. The van der Waals surface area contributed by atoms with Gasteiger partial charge in [0.2, 0.25) is 5.91 Å². The lowest BCUT2D eigenvalue weighted by Gasteiger charge is -2.19. The first-order chi connectivity index (χ1) is 15.9. The molecule has 6 nitrogen and oxygen atoms in total. The molecule has 0 bridgehead atoms. The van der Waals surface area contributed by atoms with E-state index < -0.39 is 0 Å². The standard InChI is InChI=1S/C26H32N4O2S/c1-5-17-30-23(18-32-22-13-11-21(12-14-22)26(2,3)4)28-29-25(30)33-19-24(31)27-16-15-20-9-7-6-8-10-20/h5-14H,1,15-19H2,2-4H3,(H,27,31). The Hall–Kier alpha value is -3.06. The second-order valence-corrected chi connectivity index (χ2v) is 9.68. The first-order valence-electron chi connectivity index (χ1n) is 11.1. The van der Waals surface area contributed by atoms with Gasteiger partial charge in [-0.25, -0.2) is 0 Å². The van der Waals surface area contributed by atoms with Crippen LogP contribution in [0.4, 0.5) is 0 Å². The van der Waals surface area contributed by atoms with E-state index in [4.69, 9.17) is 4.74 Å². The SMILES string of the molecule is C=CCn1c(COc2ccc(C(C)(C)C)cc2)nnc1SCC(=O)NCCc1ccccc1. The number of aromatic nitrogens is 3. The molecule has 0 spiro atoms. The number of ether oxygens (including phenoxy) is 1. The van der Waals surface area contributed by atoms with Crippen LogP contribution in [0.2, 0.25) is 0 Å². The largest absolute Gasteiger partial charge is 0.486 e. The van der Waals surface area contributed by atoms with E-state index in [-0.39, 0.29) is 17.1 Å². The average Bonchev–Trinajstić information content (AvgIpc) is 3.18. The molecule has 0 aliphatic rings. The number of allylic oxidation sites excluding steroid dienone is 1. The average molecular weight is 465 g/mol. The van der Waals surface area contributed by atoms with Crippen molar-refractivity contribution >= 4 is 17.7 Å². The number of benzene rings is 2. The Kier molecular flexibility index (Phi) is 8.72. The minimum absolute atomic E-state index is 0.0270. The zero-order valence-corrected chi connectivity index (χ0v) is 20.4. The van der Waals surface area contributed by atoms with Crippen molar-refractivity contribution in [1.29, 1.82) is 0 Å². The van der Waals surface area contributed by atoms with E-state index >= 15 is 0 Å². The molecule has 1 N–H and O–H groups in total. The third-order valence-corrected chi connectivity index (χ3v) is 6.07. The first kappa shape index (κ1) is 24.6. The molecule has 0 atom stereocenters. The molecule has 0 aliphatic heterocycles. The highest BCUT2D eigenvalue weighted by atomic mass is 32.2. The second kappa shape index (κ2) is 11.7. The van der Waals surface area contributed by atoms with Gasteiger partial charge in [0, 0.05) is 13.1 Å². The zero-order valence-electron chi connectivity index (χ0n) is 19.6. The van der Waals surface area contributed by atoms with Gasteiger partial charge in [0.25, 0.3) is 0 Å². The van der Waals surface area contributed by atoms with Crippen molar-refractivity contribution in [2.45, 2.75) is 50.9 Å². The number of carbonyl (C=O) groups is 1. The molecule has 7 heteroatoms. The number of nitrogens with one attached hydrogen (secondary N) is 1. The van der Waals surface area contributed by atoms with Gasteiger partial charge in [0.05, 0.1) is 5.75 Å². The number of carbonyl (C=O) groups excluding carboxylic acids is 1. The Morgan fingerprint density at radius 2 is 1.85 bits per heavy atom.